The normalized spacial score (nSPS) is 11.4. The summed E-state index contributed by atoms with van der Waals surface area (Å²) < 4.78 is 0. The Morgan fingerprint density at radius 1 is 0.621 bits per heavy atom. The molecule has 1 nitrogen and oxygen atoms in total. The van der Waals surface area contributed by atoms with E-state index < -0.39 is 0 Å². The first-order valence-electron chi connectivity index (χ1n) is 10.2. The number of pyridine rings is 1. The Labute approximate surface area is 174 Å². The van der Waals surface area contributed by atoms with Gasteiger partial charge in [0.05, 0.1) is 5.69 Å². The number of hydrogen-bond acceptors (Lipinski definition) is 1. The number of nitrogens with zero attached hydrogens (tertiary/aromatic N) is 1. The van der Waals surface area contributed by atoms with Crippen molar-refractivity contribution in [3.05, 3.63) is 114 Å². The third-order valence-electron chi connectivity index (χ3n) is 5.82. The molecular formula is C28H27N. The van der Waals surface area contributed by atoms with Gasteiger partial charge in [-0.2, -0.15) is 0 Å². The summed E-state index contributed by atoms with van der Waals surface area (Å²) in [5.74, 6) is 0. The van der Waals surface area contributed by atoms with E-state index in [4.69, 9.17) is 4.98 Å². The van der Waals surface area contributed by atoms with Crippen LogP contribution in [0.2, 0.25) is 0 Å². The van der Waals surface area contributed by atoms with Crippen molar-refractivity contribution in [1.29, 1.82) is 0 Å². The van der Waals surface area contributed by atoms with Gasteiger partial charge < -0.3 is 0 Å². The highest BCUT2D eigenvalue weighted by Crippen LogP contribution is 2.35. The third-order valence-corrected chi connectivity index (χ3v) is 5.82. The van der Waals surface area contributed by atoms with Gasteiger partial charge in [-0.1, -0.05) is 86.6 Å². The molecular weight excluding hydrogens is 350 g/mol. The predicted octanol–water partition coefficient (Wildman–Crippen LogP) is 7.36. The Hall–Kier alpha value is -3.19. The van der Waals surface area contributed by atoms with Crippen LogP contribution in [0.5, 0.6) is 0 Å². The molecule has 0 saturated carbocycles. The maximum Gasteiger partial charge on any atom is 0.0509 e. The topological polar surface area (TPSA) is 12.9 Å². The first-order chi connectivity index (χ1) is 14.0. The van der Waals surface area contributed by atoms with Crippen LogP contribution in [0.3, 0.4) is 0 Å². The second-order valence-electron chi connectivity index (χ2n) is 8.27. The fourth-order valence-electron chi connectivity index (χ4n) is 4.15. The number of aromatic nitrogens is 1. The summed E-state index contributed by atoms with van der Waals surface area (Å²) in [7, 11) is 0. The number of benzene rings is 3. The van der Waals surface area contributed by atoms with Crippen molar-refractivity contribution in [3.63, 3.8) is 0 Å². The lowest BCUT2D eigenvalue weighted by Crippen LogP contribution is -2.20. The van der Waals surface area contributed by atoms with Crippen LogP contribution in [-0.2, 0) is 5.41 Å². The minimum absolute atomic E-state index is 0.150. The van der Waals surface area contributed by atoms with E-state index in [9.17, 15) is 0 Å². The molecule has 0 radical (unpaired) electrons. The quantitative estimate of drug-likeness (QED) is 0.362. The summed E-state index contributed by atoms with van der Waals surface area (Å²) in [5, 5.41) is 0. The highest BCUT2D eigenvalue weighted by molar-refractivity contribution is 5.77. The molecule has 4 aromatic rings. The Kier molecular flexibility index (Phi) is 5.07. The molecule has 3 aromatic carbocycles. The summed E-state index contributed by atoms with van der Waals surface area (Å²) in [6.45, 7) is 8.90. The lowest BCUT2D eigenvalue weighted by molar-refractivity contribution is 0.617. The molecule has 0 aliphatic heterocycles. The number of rotatable bonds is 4. The Balaban J connectivity index is 1.78. The van der Waals surface area contributed by atoms with Crippen LogP contribution >= 0.6 is 0 Å². The molecule has 0 N–H and O–H groups in total. The first kappa shape index (κ1) is 19.1. The van der Waals surface area contributed by atoms with Crippen molar-refractivity contribution in [2.75, 3.05) is 0 Å². The smallest absolute Gasteiger partial charge is 0.0509 e. The summed E-state index contributed by atoms with van der Waals surface area (Å²) in [4.78, 5) is 4.74. The van der Waals surface area contributed by atoms with Gasteiger partial charge in [-0.3, -0.25) is 4.98 Å². The van der Waals surface area contributed by atoms with Crippen molar-refractivity contribution in [2.45, 2.75) is 33.1 Å². The summed E-state index contributed by atoms with van der Waals surface area (Å²) in [5.41, 5.74) is 9.85. The zero-order chi connectivity index (χ0) is 20.4. The van der Waals surface area contributed by atoms with Gasteiger partial charge in [0.15, 0.2) is 0 Å². The average Bonchev–Trinajstić information content (AvgIpc) is 2.75. The number of hydrogen-bond donors (Lipinski definition) is 0. The van der Waals surface area contributed by atoms with Crippen molar-refractivity contribution >= 4 is 0 Å². The molecule has 0 unspecified atom stereocenters. The fraction of sp³-hybridized carbons (Fsp3) is 0.179. The summed E-state index contributed by atoms with van der Waals surface area (Å²) in [6, 6.07) is 30.2. The van der Waals surface area contributed by atoms with Crippen molar-refractivity contribution in [2.24, 2.45) is 0 Å². The van der Waals surface area contributed by atoms with E-state index in [0.29, 0.717) is 0 Å². The van der Waals surface area contributed by atoms with E-state index in [0.717, 1.165) is 5.69 Å². The van der Waals surface area contributed by atoms with Crippen LogP contribution in [0, 0.1) is 13.8 Å². The van der Waals surface area contributed by atoms with Crippen LogP contribution in [0.1, 0.15) is 36.2 Å². The van der Waals surface area contributed by atoms with Gasteiger partial charge >= 0.3 is 0 Å². The van der Waals surface area contributed by atoms with Gasteiger partial charge in [0.25, 0.3) is 0 Å². The SMILES string of the molecule is Cc1cc(-c2ccccc2)cc(C)c1-c1ccnc(C(C)(C)c2ccccc2)c1. The standard InChI is InChI=1S/C28H27N/c1-20-17-24(22-11-7-5-8-12-22)18-21(2)27(20)23-15-16-29-26(19-23)28(3,4)25-13-9-6-10-14-25/h5-19H,1-4H3. The van der Waals surface area contributed by atoms with Gasteiger partial charge in [0.1, 0.15) is 0 Å². The minimum Gasteiger partial charge on any atom is -0.260 e. The van der Waals surface area contributed by atoms with Gasteiger partial charge in [-0.25, -0.2) is 0 Å². The van der Waals surface area contributed by atoms with E-state index >= 15 is 0 Å². The molecule has 0 saturated heterocycles. The highest BCUT2D eigenvalue weighted by atomic mass is 14.7. The van der Waals surface area contributed by atoms with Gasteiger partial charge in [0, 0.05) is 11.6 Å². The molecule has 0 fully saturated rings. The van der Waals surface area contributed by atoms with Crippen molar-refractivity contribution < 1.29 is 0 Å². The monoisotopic (exact) mass is 377 g/mol. The number of aryl methyl sites for hydroxylation is 2. The maximum absolute atomic E-state index is 4.74. The Morgan fingerprint density at radius 2 is 1.21 bits per heavy atom. The maximum atomic E-state index is 4.74. The Bertz CT molecular complexity index is 1100. The largest absolute Gasteiger partial charge is 0.260 e. The zero-order valence-corrected chi connectivity index (χ0v) is 17.6. The highest BCUT2D eigenvalue weighted by Gasteiger charge is 2.25. The summed E-state index contributed by atoms with van der Waals surface area (Å²) >= 11 is 0. The van der Waals surface area contributed by atoms with Crippen LogP contribution < -0.4 is 0 Å². The van der Waals surface area contributed by atoms with Gasteiger partial charge in [-0.05, 0) is 64.9 Å². The molecule has 0 aliphatic rings. The molecule has 0 amide bonds. The van der Waals surface area contributed by atoms with E-state index in [1.165, 1.54) is 38.9 Å². The van der Waals surface area contributed by atoms with Gasteiger partial charge in [0.2, 0.25) is 0 Å². The molecule has 4 rings (SSSR count). The average molecular weight is 378 g/mol. The van der Waals surface area contributed by atoms with Crippen LogP contribution in [0.25, 0.3) is 22.3 Å². The van der Waals surface area contributed by atoms with Crippen LogP contribution in [-0.4, -0.2) is 4.98 Å². The van der Waals surface area contributed by atoms with Crippen LogP contribution in [0.15, 0.2) is 91.1 Å². The molecule has 0 bridgehead atoms. The molecule has 0 aliphatic carbocycles. The van der Waals surface area contributed by atoms with Gasteiger partial charge in [-0.15, -0.1) is 0 Å². The molecule has 1 aromatic heterocycles. The lowest BCUT2D eigenvalue weighted by Gasteiger charge is -2.25. The lowest BCUT2D eigenvalue weighted by atomic mass is 9.80. The Morgan fingerprint density at radius 3 is 1.83 bits per heavy atom. The molecule has 0 spiro atoms. The minimum atomic E-state index is -0.150. The molecule has 1 heterocycles. The third kappa shape index (κ3) is 3.73. The predicted molar refractivity (Wildman–Crippen MR) is 123 cm³/mol. The van der Waals surface area contributed by atoms with E-state index in [-0.39, 0.29) is 5.41 Å². The van der Waals surface area contributed by atoms with Crippen molar-refractivity contribution in [3.8, 4) is 22.3 Å². The molecule has 0 atom stereocenters. The van der Waals surface area contributed by atoms with Crippen LogP contribution in [0.4, 0.5) is 0 Å². The second kappa shape index (κ2) is 7.67. The van der Waals surface area contributed by atoms with E-state index in [1.807, 2.05) is 6.20 Å². The molecule has 144 valence electrons. The first-order valence-corrected chi connectivity index (χ1v) is 10.2. The van der Waals surface area contributed by atoms with E-state index in [1.54, 1.807) is 0 Å². The zero-order valence-electron chi connectivity index (χ0n) is 17.6. The molecule has 1 heteroatoms. The van der Waals surface area contributed by atoms with E-state index in [2.05, 4.69) is 113 Å². The second-order valence-corrected chi connectivity index (χ2v) is 8.27. The molecule has 29 heavy (non-hydrogen) atoms. The van der Waals surface area contributed by atoms with Crippen molar-refractivity contribution in [1.82, 2.24) is 4.98 Å². The summed E-state index contributed by atoms with van der Waals surface area (Å²) in [6.07, 6.45) is 1.94. The fourth-order valence-corrected chi connectivity index (χ4v) is 4.15.